The fourth-order valence-electron chi connectivity index (χ4n) is 2.87. The molecule has 0 bridgehead atoms. The maximum atomic E-state index is 11.8. The van der Waals surface area contributed by atoms with Crippen molar-refractivity contribution in [2.45, 2.75) is 64.5 Å². The number of carbonyl (C=O) groups is 1. The Balaban J connectivity index is 2.35. The minimum atomic E-state index is -2.89. The van der Waals surface area contributed by atoms with Gasteiger partial charge in [0.2, 0.25) is 0 Å². The van der Waals surface area contributed by atoms with Gasteiger partial charge in [-0.25, -0.2) is 13.2 Å². The summed E-state index contributed by atoms with van der Waals surface area (Å²) in [5.74, 6) is 0.586. The molecular weight excluding hydrogens is 316 g/mol. The third kappa shape index (κ3) is 9.81. The van der Waals surface area contributed by atoms with Crippen LogP contribution in [0, 0.1) is 5.92 Å². The molecule has 6 nitrogen and oxygen atoms in total. The zero-order chi connectivity index (χ0) is 17.5. The summed E-state index contributed by atoms with van der Waals surface area (Å²) in [5, 5.41) is 6.32. The Morgan fingerprint density at radius 3 is 2.48 bits per heavy atom. The molecule has 1 aliphatic carbocycles. The highest BCUT2D eigenvalue weighted by molar-refractivity contribution is 7.90. The van der Waals surface area contributed by atoms with E-state index in [1.165, 1.54) is 19.1 Å². The number of carbonyl (C=O) groups excluding carboxylic acids is 1. The van der Waals surface area contributed by atoms with Gasteiger partial charge in [0, 0.05) is 18.8 Å². The van der Waals surface area contributed by atoms with Crippen molar-refractivity contribution < 1.29 is 17.9 Å². The maximum Gasteiger partial charge on any atom is 0.407 e. The van der Waals surface area contributed by atoms with E-state index in [1.54, 1.807) is 0 Å². The average molecular weight is 349 g/mol. The molecule has 1 aliphatic rings. The van der Waals surface area contributed by atoms with Crippen molar-refractivity contribution in [1.82, 2.24) is 10.6 Å². The summed E-state index contributed by atoms with van der Waals surface area (Å²) in [6, 6.07) is 0.332. The van der Waals surface area contributed by atoms with E-state index in [9.17, 15) is 13.2 Å². The lowest BCUT2D eigenvalue weighted by atomic mass is 9.84. The molecule has 136 valence electrons. The van der Waals surface area contributed by atoms with Crippen molar-refractivity contribution >= 4 is 15.9 Å². The first-order valence-electron chi connectivity index (χ1n) is 8.45. The third-order valence-electron chi connectivity index (χ3n) is 3.91. The lowest BCUT2D eigenvalue weighted by Gasteiger charge is -2.32. The highest BCUT2D eigenvalue weighted by Crippen LogP contribution is 2.24. The molecule has 0 spiro atoms. The van der Waals surface area contributed by atoms with E-state index in [-0.39, 0.29) is 11.8 Å². The lowest BCUT2D eigenvalue weighted by Crippen LogP contribution is -2.45. The molecule has 7 heteroatoms. The number of hydrogen-bond acceptors (Lipinski definition) is 5. The van der Waals surface area contributed by atoms with Gasteiger partial charge < -0.3 is 15.4 Å². The Labute approximate surface area is 140 Å². The van der Waals surface area contributed by atoms with Crippen LogP contribution in [0.15, 0.2) is 0 Å². The predicted molar refractivity (Wildman–Crippen MR) is 92.3 cm³/mol. The van der Waals surface area contributed by atoms with E-state index in [0.29, 0.717) is 31.5 Å². The van der Waals surface area contributed by atoms with Gasteiger partial charge >= 0.3 is 6.09 Å². The normalized spacial score (nSPS) is 22.6. The molecule has 0 saturated heterocycles. The van der Waals surface area contributed by atoms with Gasteiger partial charge in [-0.3, -0.25) is 0 Å². The molecule has 2 unspecified atom stereocenters. The molecule has 2 atom stereocenters. The molecular formula is C16H32N2O4S. The van der Waals surface area contributed by atoms with E-state index >= 15 is 0 Å². The van der Waals surface area contributed by atoms with Gasteiger partial charge in [0.15, 0.2) is 0 Å². The lowest BCUT2D eigenvalue weighted by molar-refractivity contribution is 0.0510. The van der Waals surface area contributed by atoms with Crippen LogP contribution in [0.2, 0.25) is 0 Å². The van der Waals surface area contributed by atoms with Crippen LogP contribution in [-0.4, -0.2) is 51.3 Å². The summed E-state index contributed by atoms with van der Waals surface area (Å²) in [5.41, 5.74) is -0.486. The highest BCUT2D eigenvalue weighted by atomic mass is 32.2. The molecule has 1 saturated carbocycles. The molecule has 1 amide bonds. The van der Waals surface area contributed by atoms with Gasteiger partial charge in [0.1, 0.15) is 15.4 Å². The van der Waals surface area contributed by atoms with Crippen molar-refractivity contribution in [2.75, 3.05) is 25.1 Å². The van der Waals surface area contributed by atoms with Gasteiger partial charge in [0.05, 0.1) is 5.75 Å². The fourth-order valence-corrected chi connectivity index (χ4v) is 3.54. The second-order valence-electron chi connectivity index (χ2n) is 7.47. The highest BCUT2D eigenvalue weighted by Gasteiger charge is 2.26. The second-order valence-corrected chi connectivity index (χ2v) is 9.73. The van der Waals surface area contributed by atoms with Crippen LogP contribution in [0.4, 0.5) is 4.79 Å². The summed E-state index contributed by atoms with van der Waals surface area (Å²) in [4.78, 5) is 11.8. The fraction of sp³-hybridized carbons (Fsp3) is 0.938. The predicted octanol–water partition coefficient (Wildman–Crippen LogP) is 2.09. The van der Waals surface area contributed by atoms with Crippen LogP contribution in [0.5, 0.6) is 0 Å². The average Bonchev–Trinajstić information content (AvgIpc) is 2.39. The van der Waals surface area contributed by atoms with Gasteiger partial charge in [-0.2, -0.15) is 0 Å². The Hall–Kier alpha value is -0.820. The smallest absolute Gasteiger partial charge is 0.407 e. The van der Waals surface area contributed by atoms with E-state index in [1.807, 2.05) is 20.8 Å². The molecule has 2 N–H and O–H groups in total. The monoisotopic (exact) mass is 348 g/mol. The Bertz CT molecular complexity index is 471. The van der Waals surface area contributed by atoms with Gasteiger partial charge in [-0.1, -0.05) is 12.8 Å². The zero-order valence-electron chi connectivity index (χ0n) is 14.9. The van der Waals surface area contributed by atoms with E-state index in [4.69, 9.17) is 4.74 Å². The first-order valence-corrected chi connectivity index (χ1v) is 10.5. The molecule has 0 aromatic carbocycles. The topological polar surface area (TPSA) is 84.5 Å². The molecule has 1 fully saturated rings. The van der Waals surface area contributed by atoms with Gasteiger partial charge in [-0.05, 0) is 52.5 Å². The van der Waals surface area contributed by atoms with E-state index in [0.717, 1.165) is 12.8 Å². The number of ether oxygens (including phenoxy) is 1. The summed E-state index contributed by atoms with van der Waals surface area (Å²) in [7, 11) is -2.89. The number of amides is 1. The van der Waals surface area contributed by atoms with E-state index in [2.05, 4.69) is 10.6 Å². The quantitative estimate of drug-likeness (QED) is 0.688. The van der Waals surface area contributed by atoms with Crippen LogP contribution >= 0.6 is 0 Å². The molecule has 1 rings (SSSR count). The summed E-state index contributed by atoms with van der Waals surface area (Å²) in [6.45, 7) is 6.83. The van der Waals surface area contributed by atoms with E-state index < -0.39 is 15.4 Å². The van der Waals surface area contributed by atoms with Crippen LogP contribution in [-0.2, 0) is 14.6 Å². The SMILES string of the molecule is CC(C)(C)OC(=O)NCC1CCCCC1NCCCS(C)(=O)=O. The van der Waals surface area contributed by atoms with Gasteiger partial charge in [0.25, 0.3) is 0 Å². The van der Waals surface area contributed by atoms with Crippen LogP contribution in [0.25, 0.3) is 0 Å². The van der Waals surface area contributed by atoms with Crippen molar-refractivity contribution in [3.63, 3.8) is 0 Å². The molecule has 0 aliphatic heterocycles. The Morgan fingerprint density at radius 2 is 1.87 bits per heavy atom. The first-order chi connectivity index (χ1) is 10.6. The summed E-state index contributed by atoms with van der Waals surface area (Å²) < 4.78 is 27.6. The number of hydrogen-bond donors (Lipinski definition) is 2. The minimum Gasteiger partial charge on any atom is -0.444 e. The number of nitrogens with one attached hydrogen (secondary N) is 2. The molecule has 0 heterocycles. The van der Waals surface area contributed by atoms with Gasteiger partial charge in [-0.15, -0.1) is 0 Å². The molecule has 0 aromatic heterocycles. The largest absolute Gasteiger partial charge is 0.444 e. The Kier molecular flexibility index (Phi) is 7.80. The first kappa shape index (κ1) is 20.2. The van der Waals surface area contributed by atoms with Crippen molar-refractivity contribution in [2.24, 2.45) is 5.92 Å². The van der Waals surface area contributed by atoms with Crippen LogP contribution in [0.3, 0.4) is 0 Å². The maximum absolute atomic E-state index is 11.8. The number of alkyl carbamates (subject to hydrolysis) is 1. The van der Waals surface area contributed by atoms with Crippen molar-refractivity contribution in [1.29, 1.82) is 0 Å². The third-order valence-corrected chi connectivity index (χ3v) is 4.95. The Morgan fingerprint density at radius 1 is 1.22 bits per heavy atom. The minimum absolute atomic E-state index is 0.216. The number of rotatable bonds is 7. The van der Waals surface area contributed by atoms with Crippen molar-refractivity contribution in [3.8, 4) is 0 Å². The van der Waals surface area contributed by atoms with Crippen LogP contribution in [0.1, 0.15) is 52.9 Å². The molecule has 0 radical (unpaired) electrons. The van der Waals surface area contributed by atoms with Crippen molar-refractivity contribution in [3.05, 3.63) is 0 Å². The number of sulfone groups is 1. The standard InChI is InChI=1S/C16H32N2O4S/c1-16(2,3)22-15(19)18-12-13-8-5-6-9-14(13)17-10-7-11-23(4,20)21/h13-14,17H,5-12H2,1-4H3,(H,18,19). The molecule has 23 heavy (non-hydrogen) atoms. The molecule has 0 aromatic rings. The summed E-state index contributed by atoms with van der Waals surface area (Å²) in [6.07, 6.45) is 6.00. The van der Waals surface area contributed by atoms with Crippen LogP contribution < -0.4 is 10.6 Å². The summed E-state index contributed by atoms with van der Waals surface area (Å²) >= 11 is 0. The zero-order valence-corrected chi connectivity index (χ0v) is 15.7. The second kappa shape index (κ2) is 8.87.